The van der Waals surface area contributed by atoms with Crippen LogP contribution in [0.15, 0.2) is 18.2 Å². The van der Waals surface area contributed by atoms with Crippen LogP contribution >= 0.6 is 0 Å². The van der Waals surface area contributed by atoms with E-state index in [0.29, 0.717) is 0 Å². The molecule has 0 radical (unpaired) electrons. The number of nitrogens with one attached hydrogen (secondary N) is 1. The van der Waals surface area contributed by atoms with Crippen molar-refractivity contribution in [2.45, 2.75) is 44.9 Å². The van der Waals surface area contributed by atoms with Gasteiger partial charge < -0.3 is 20.9 Å². The van der Waals surface area contributed by atoms with Gasteiger partial charge in [0.15, 0.2) is 11.6 Å². The summed E-state index contributed by atoms with van der Waals surface area (Å²) < 4.78 is 32.1. The maximum absolute atomic E-state index is 13.8. The third-order valence-corrected chi connectivity index (χ3v) is 2.86. The smallest absolute Gasteiger partial charge is 0.407 e. The Morgan fingerprint density at radius 3 is 2.59 bits per heavy atom. The van der Waals surface area contributed by atoms with E-state index < -0.39 is 35.5 Å². The van der Waals surface area contributed by atoms with Crippen LogP contribution in [0.25, 0.3) is 0 Å². The lowest BCUT2D eigenvalue weighted by molar-refractivity contribution is 0.0411. The highest BCUT2D eigenvalue weighted by Gasteiger charge is 2.27. The zero-order valence-corrected chi connectivity index (χ0v) is 12.9. The van der Waals surface area contributed by atoms with Crippen molar-refractivity contribution in [1.82, 2.24) is 5.32 Å². The number of aliphatic hydroxyl groups is 1. The van der Waals surface area contributed by atoms with E-state index in [1.54, 1.807) is 20.8 Å². The van der Waals surface area contributed by atoms with Gasteiger partial charge in [0.05, 0.1) is 6.04 Å². The Morgan fingerprint density at radius 2 is 2.05 bits per heavy atom. The van der Waals surface area contributed by atoms with Gasteiger partial charge in [-0.25, -0.2) is 13.6 Å². The Morgan fingerprint density at radius 1 is 1.41 bits per heavy atom. The first-order chi connectivity index (χ1) is 10.2. The van der Waals surface area contributed by atoms with Crippen LogP contribution in [0.2, 0.25) is 0 Å². The zero-order valence-electron chi connectivity index (χ0n) is 12.9. The number of nitrogens with two attached hydrogens (primary N) is 1. The van der Waals surface area contributed by atoms with Crippen LogP contribution < -0.4 is 11.1 Å². The number of carbonyl (C=O) groups excluding carboxylic acids is 1. The number of halogens is 2. The first kappa shape index (κ1) is 18.3. The number of benzene rings is 1. The second-order valence-electron chi connectivity index (χ2n) is 5.92. The first-order valence-electron chi connectivity index (χ1n) is 6.97. The molecule has 2 unspecified atom stereocenters. The molecule has 0 aliphatic rings. The lowest BCUT2D eigenvalue weighted by atomic mass is 9.99. The summed E-state index contributed by atoms with van der Waals surface area (Å²) in [5.41, 5.74) is 4.49. The highest BCUT2D eigenvalue weighted by Crippen LogP contribution is 2.23. The molecule has 1 rings (SSSR count). The molecule has 5 nitrogen and oxygen atoms in total. The first-order valence-corrected chi connectivity index (χ1v) is 6.97. The van der Waals surface area contributed by atoms with Gasteiger partial charge >= 0.3 is 6.09 Å². The van der Waals surface area contributed by atoms with E-state index in [1.165, 1.54) is 12.1 Å². The number of alkyl carbamates (subject to hydrolysis) is 1. The number of hydrogen-bond donors (Lipinski definition) is 3. The third-order valence-electron chi connectivity index (χ3n) is 2.86. The standard InChI is InChI=1S/C15H22F2N2O3/c1-15(2,3)22-14(21)19-11(7-8-18)13(20)9-5-4-6-10(16)12(9)17/h4-6,11,13,20H,7-8,18H2,1-3H3,(H,19,21). The molecule has 22 heavy (non-hydrogen) atoms. The summed E-state index contributed by atoms with van der Waals surface area (Å²) in [5.74, 6) is -2.22. The second-order valence-corrected chi connectivity index (χ2v) is 5.92. The van der Waals surface area contributed by atoms with Gasteiger partial charge in [0.2, 0.25) is 0 Å². The third kappa shape index (κ3) is 5.23. The molecule has 4 N–H and O–H groups in total. The molecule has 0 aromatic heterocycles. The topological polar surface area (TPSA) is 84.6 Å². The highest BCUT2D eigenvalue weighted by atomic mass is 19.2. The van der Waals surface area contributed by atoms with Crippen LogP contribution in [0.3, 0.4) is 0 Å². The molecule has 7 heteroatoms. The number of rotatable bonds is 5. The maximum atomic E-state index is 13.8. The number of carbonyl (C=O) groups is 1. The highest BCUT2D eigenvalue weighted by molar-refractivity contribution is 5.68. The molecule has 0 bridgehead atoms. The minimum absolute atomic E-state index is 0.147. The van der Waals surface area contributed by atoms with Crippen LogP contribution in [0, 0.1) is 11.6 Å². The van der Waals surface area contributed by atoms with Gasteiger partial charge in [-0.3, -0.25) is 0 Å². The predicted molar refractivity (Wildman–Crippen MR) is 78.1 cm³/mol. The Kier molecular flexibility index (Phi) is 6.25. The van der Waals surface area contributed by atoms with E-state index in [1.807, 2.05) is 0 Å². The SMILES string of the molecule is CC(C)(C)OC(=O)NC(CCN)C(O)c1cccc(F)c1F. The summed E-state index contributed by atoms with van der Waals surface area (Å²) in [6, 6.07) is 2.59. The van der Waals surface area contributed by atoms with E-state index in [9.17, 15) is 18.7 Å². The molecule has 1 aromatic carbocycles. The maximum Gasteiger partial charge on any atom is 0.407 e. The van der Waals surface area contributed by atoms with Gasteiger partial charge in [0.25, 0.3) is 0 Å². The number of amides is 1. The fourth-order valence-corrected chi connectivity index (χ4v) is 1.91. The normalized spacial score (nSPS) is 14.3. The van der Waals surface area contributed by atoms with Crippen molar-refractivity contribution in [2.24, 2.45) is 5.73 Å². The van der Waals surface area contributed by atoms with Crippen molar-refractivity contribution in [3.63, 3.8) is 0 Å². The van der Waals surface area contributed by atoms with Gasteiger partial charge in [0.1, 0.15) is 11.7 Å². The van der Waals surface area contributed by atoms with Crippen molar-refractivity contribution >= 4 is 6.09 Å². The van der Waals surface area contributed by atoms with E-state index in [2.05, 4.69) is 5.32 Å². The van der Waals surface area contributed by atoms with Crippen LogP contribution in [-0.2, 0) is 4.74 Å². The molecule has 0 heterocycles. The fraction of sp³-hybridized carbons (Fsp3) is 0.533. The van der Waals surface area contributed by atoms with Gasteiger partial charge in [0, 0.05) is 5.56 Å². The van der Waals surface area contributed by atoms with Gasteiger partial charge in [-0.2, -0.15) is 0 Å². The molecule has 1 amide bonds. The quantitative estimate of drug-likeness (QED) is 0.778. The van der Waals surface area contributed by atoms with Gasteiger partial charge in [-0.15, -0.1) is 0 Å². The molecule has 0 saturated heterocycles. The minimum Gasteiger partial charge on any atom is -0.444 e. The van der Waals surface area contributed by atoms with E-state index in [0.717, 1.165) is 6.07 Å². The number of hydrogen-bond acceptors (Lipinski definition) is 4. The number of aliphatic hydroxyl groups excluding tert-OH is 1. The lowest BCUT2D eigenvalue weighted by Gasteiger charge is -2.26. The van der Waals surface area contributed by atoms with Gasteiger partial charge in [-0.1, -0.05) is 12.1 Å². The van der Waals surface area contributed by atoms with Crippen LogP contribution in [0.5, 0.6) is 0 Å². The summed E-state index contributed by atoms with van der Waals surface area (Å²) in [5, 5.41) is 12.7. The van der Waals surface area contributed by atoms with Crippen LogP contribution in [0.1, 0.15) is 38.9 Å². The molecule has 0 aliphatic heterocycles. The molecular weight excluding hydrogens is 294 g/mol. The van der Waals surface area contributed by atoms with Crippen molar-refractivity contribution in [3.8, 4) is 0 Å². The molecule has 0 fully saturated rings. The Hall–Kier alpha value is -1.73. The molecule has 2 atom stereocenters. The van der Waals surface area contributed by atoms with Crippen molar-refractivity contribution in [3.05, 3.63) is 35.4 Å². The monoisotopic (exact) mass is 316 g/mol. The Bertz CT molecular complexity index is 518. The average Bonchev–Trinajstić information content (AvgIpc) is 2.38. The van der Waals surface area contributed by atoms with Crippen LogP contribution in [-0.4, -0.2) is 29.4 Å². The van der Waals surface area contributed by atoms with E-state index in [-0.39, 0.29) is 18.5 Å². The lowest BCUT2D eigenvalue weighted by Crippen LogP contribution is -2.43. The molecule has 0 saturated carbocycles. The van der Waals surface area contributed by atoms with Crippen LogP contribution in [0.4, 0.5) is 13.6 Å². The van der Waals surface area contributed by atoms with Gasteiger partial charge in [-0.05, 0) is 39.8 Å². The second kappa shape index (κ2) is 7.51. The molecule has 0 spiro atoms. The van der Waals surface area contributed by atoms with Crippen molar-refractivity contribution in [2.75, 3.05) is 6.54 Å². The summed E-state index contributed by atoms with van der Waals surface area (Å²) in [6.07, 6.45) is -2.02. The molecular formula is C15H22F2N2O3. The van der Waals surface area contributed by atoms with Crippen molar-refractivity contribution in [1.29, 1.82) is 0 Å². The number of ether oxygens (including phenoxy) is 1. The fourth-order valence-electron chi connectivity index (χ4n) is 1.91. The predicted octanol–water partition coefficient (Wildman–Crippen LogP) is 2.24. The van der Waals surface area contributed by atoms with E-state index >= 15 is 0 Å². The zero-order chi connectivity index (χ0) is 16.9. The summed E-state index contributed by atoms with van der Waals surface area (Å²) in [6.45, 7) is 5.21. The largest absolute Gasteiger partial charge is 0.444 e. The Balaban J connectivity index is 2.90. The molecule has 1 aromatic rings. The van der Waals surface area contributed by atoms with E-state index in [4.69, 9.17) is 10.5 Å². The summed E-state index contributed by atoms with van der Waals surface area (Å²) >= 11 is 0. The summed E-state index contributed by atoms with van der Waals surface area (Å²) in [7, 11) is 0. The minimum atomic E-state index is -1.44. The molecule has 124 valence electrons. The Labute approximate surface area is 128 Å². The average molecular weight is 316 g/mol. The molecule has 0 aliphatic carbocycles. The van der Waals surface area contributed by atoms with Crippen molar-refractivity contribution < 1.29 is 23.4 Å². The summed E-state index contributed by atoms with van der Waals surface area (Å²) in [4.78, 5) is 11.8.